The summed E-state index contributed by atoms with van der Waals surface area (Å²) in [7, 11) is 0. The number of hydrogen-bond donors (Lipinski definition) is 1. The van der Waals surface area contributed by atoms with E-state index in [0.717, 1.165) is 38.5 Å². The first kappa shape index (κ1) is 16.5. The van der Waals surface area contributed by atoms with E-state index in [2.05, 4.69) is 6.92 Å². The van der Waals surface area contributed by atoms with Crippen LogP contribution in [0.1, 0.15) is 84.0 Å². The molecule has 1 aliphatic rings. The van der Waals surface area contributed by atoms with Crippen LogP contribution in [0.25, 0.3) is 0 Å². The number of ether oxygens (including phenoxy) is 1. The van der Waals surface area contributed by atoms with Crippen molar-refractivity contribution in [3.8, 4) is 0 Å². The molecule has 0 aromatic carbocycles. The Morgan fingerprint density at radius 1 is 1.00 bits per heavy atom. The fourth-order valence-corrected chi connectivity index (χ4v) is 2.75. The normalized spacial score (nSPS) is 18.8. The summed E-state index contributed by atoms with van der Waals surface area (Å²) in [5, 5.41) is 0. The Labute approximate surface area is 118 Å². The van der Waals surface area contributed by atoms with Crippen molar-refractivity contribution in [1.29, 1.82) is 0 Å². The molecular weight excluding hydrogens is 238 g/mol. The van der Waals surface area contributed by atoms with Gasteiger partial charge in [-0.2, -0.15) is 0 Å². The van der Waals surface area contributed by atoms with Gasteiger partial charge >= 0.3 is 5.97 Å². The van der Waals surface area contributed by atoms with E-state index in [9.17, 15) is 4.79 Å². The molecule has 0 amide bonds. The minimum Gasteiger partial charge on any atom is -0.464 e. The van der Waals surface area contributed by atoms with E-state index >= 15 is 0 Å². The van der Waals surface area contributed by atoms with E-state index in [-0.39, 0.29) is 5.97 Å². The van der Waals surface area contributed by atoms with Gasteiger partial charge in [-0.1, -0.05) is 64.7 Å². The van der Waals surface area contributed by atoms with Crippen LogP contribution in [0.15, 0.2) is 0 Å². The van der Waals surface area contributed by atoms with E-state index < -0.39 is 5.54 Å². The zero-order valence-electron chi connectivity index (χ0n) is 12.6. The molecule has 0 radical (unpaired) electrons. The highest BCUT2D eigenvalue weighted by atomic mass is 16.5. The lowest BCUT2D eigenvalue weighted by atomic mass is 9.92. The molecule has 0 saturated heterocycles. The van der Waals surface area contributed by atoms with Crippen LogP contribution >= 0.6 is 0 Å². The van der Waals surface area contributed by atoms with Crippen LogP contribution < -0.4 is 5.73 Å². The van der Waals surface area contributed by atoms with Gasteiger partial charge in [-0.15, -0.1) is 0 Å². The van der Waals surface area contributed by atoms with Gasteiger partial charge in [0.15, 0.2) is 0 Å². The van der Waals surface area contributed by atoms with Gasteiger partial charge < -0.3 is 10.5 Å². The second-order valence-corrected chi connectivity index (χ2v) is 5.97. The monoisotopic (exact) mass is 269 g/mol. The highest BCUT2D eigenvalue weighted by Gasteiger charge is 2.35. The zero-order valence-corrected chi connectivity index (χ0v) is 12.6. The Bertz CT molecular complexity index is 245. The van der Waals surface area contributed by atoms with E-state index in [4.69, 9.17) is 10.5 Å². The van der Waals surface area contributed by atoms with Crippen molar-refractivity contribution in [1.82, 2.24) is 0 Å². The van der Waals surface area contributed by atoms with Crippen LogP contribution in [0.5, 0.6) is 0 Å². The molecule has 1 fully saturated rings. The molecular formula is C16H31NO2. The smallest absolute Gasteiger partial charge is 0.326 e. The maximum Gasteiger partial charge on any atom is 0.326 e. The zero-order chi connectivity index (χ0) is 14.0. The summed E-state index contributed by atoms with van der Waals surface area (Å²) >= 11 is 0. The summed E-state index contributed by atoms with van der Waals surface area (Å²) in [6, 6.07) is 0. The third kappa shape index (κ3) is 6.42. The Balaban J connectivity index is 2.12. The molecule has 0 aliphatic heterocycles. The number of esters is 1. The van der Waals surface area contributed by atoms with E-state index in [1.54, 1.807) is 0 Å². The Morgan fingerprint density at radius 3 is 2.21 bits per heavy atom. The highest BCUT2D eigenvalue weighted by molar-refractivity contribution is 5.80. The minimum absolute atomic E-state index is 0.164. The van der Waals surface area contributed by atoms with Gasteiger partial charge in [0.05, 0.1) is 6.61 Å². The quantitative estimate of drug-likeness (QED) is 0.412. The van der Waals surface area contributed by atoms with Crippen molar-refractivity contribution >= 4 is 5.97 Å². The van der Waals surface area contributed by atoms with Crippen molar-refractivity contribution in [3.63, 3.8) is 0 Å². The third-order valence-electron chi connectivity index (χ3n) is 4.13. The van der Waals surface area contributed by atoms with Crippen LogP contribution in [-0.2, 0) is 9.53 Å². The molecule has 112 valence electrons. The number of unbranched alkanes of at least 4 members (excludes halogenated alkanes) is 5. The molecule has 0 spiro atoms. The van der Waals surface area contributed by atoms with E-state index in [1.807, 2.05) is 0 Å². The molecule has 1 aliphatic carbocycles. The molecule has 3 nitrogen and oxygen atoms in total. The first-order chi connectivity index (χ1) is 9.19. The van der Waals surface area contributed by atoms with Crippen LogP contribution in [-0.4, -0.2) is 18.1 Å². The molecule has 3 heteroatoms. The van der Waals surface area contributed by atoms with Gasteiger partial charge in [-0.3, -0.25) is 4.79 Å². The molecule has 0 aromatic rings. The average molecular weight is 269 g/mol. The predicted molar refractivity (Wildman–Crippen MR) is 79.0 cm³/mol. The lowest BCUT2D eigenvalue weighted by Crippen LogP contribution is -2.48. The van der Waals surface area contributed by atoms with Crippen molar-refractivity contribution in [2.45, 2.75) is 89.5 Å². The molecule has 0 unspecified atom stereocenters. The van der Waals surface area contributed by atoms with Crippen molar-refractivity contribution in [2.75, 3.05) is 6.61 Å². The summed E-state index contributed by atoms with van der Waals surface area (Å²) in [6.45, 7) is 2.76. The first-order valence-electron chi connectivity index (χ1n) is 8.15. The number of hydrogen-bond acceptors (Lipinski definition) is 3. The Hall–Kier alpha value is -0.570. The maximum atomic E-state index is 12.1. The number of rotatable bonds is 8. The van der Waals surface area contributed by atoms with Crippen LogP contribution in [0.3, 0.4) is 0 Å². The standard InChI is InChI=1S/C16H31NO2/c1-2-3-4-5-8-11-14-19-15(18)16(17)12-9-6-7-10-13-16/h2-14,17H2,1H3. The van der Waals surface area contributed by atoms with Crippen LogP contribution in [0.4, 0.5) is 0 Å². The lowest BCUT2D eigenvalue weighted by molar-refractivity contribution is -0.150. The van der Waals surface area contributed by atoms with Crippen LogP contribution in [0.2, 0.25) is 0 Å². The molecule has 1 saturated carbocycles. The fraction of sp³-hybridized carbons (Fsp3) is 0.938. The summed E-state index contributed by atoms with van der Waals surface area (Å²) in [5.41, 5.74) is 5.51. The second-order valence-electron chi connectivity index (χ2n) is 5.97. The van der Waals surface area contributed by atoms with E-state index in [1.165, 1.54) is 38.5 Å². The molecule has 0 heterocycles. The summed E-state index contributed by atoms with van der Waals surface area (Å²) < 4.78 is 5.38. The van der Waals surface area contributed by atoms with Gasteiger partial charge in [0.25, 0.3) is 0 Å². The van der Waals surface area contributed by atoms with Gasteiger partial charge in [0.2, 0.25) is 0 Å². The van der Waals surface area contributed by atoms with Gasteiger partial charge in [-0.25, -0.2) is 0 Å². The summed E-state index contributed by atoms with van der Waals surface area (Å²) in [6.07, 6.45) is 13.4. The molecule has 1 rings (SSSR count). The number of carbonyl (C=O) groups excluding carboxylic acids is 1. The Morgan fingerprint density at radius 2 is 1.58 bits per heavy atom. The maximum absolute atomic E-state index is 12.1. The number of carbonyl (C=O) groups is 1. The third-order valence-corrected chi connectivity index (χ3v) is 4.13. The van der Waals surface area contributed by atoms with Crippen molar-refractivity contribution in [2.24, 2.45) is 5.73 Å². The number of nitrogens with two attached hydrogens (primary N) is 1. The molecule has 0 aromatic heterocycles. The van der Waals surface area contributed by atoms with Gasteiger partial charge in [-0.05, 0) is 19.3 Å². The van der Waals surface area contributed by atoms with Gasteiger partial charge in [0.1, 0.15) is 5.54 Å². The highest BCUT2D eigenvalue weighted by Crippen LogP contribution is 2.26. The van der Waals surface area contributed by atoms with Crippen molar-refractivity contribution in [3.05, 3.63) is 0 Å². The summed E-state index contributed by atoms with van der Waals surface area (Å²) in [5.74, 6) is -0.164. The van der Waals surface area contributed by atoms with Crippen LogP contribution in [0, 0.1) is 0 Å². The first-order valence-corrected chi connectivity index (χ1v) is 8.15. The largest absolute Gasteiger partial charge is 0.464 e. The minimum atomic E-state index is -0.696. The topological polar surface area (TPSA) is 52.3 Å². The SMILES string of the molecule is CCCCCCCCOC(=O)C1(N)CCCCCC1. The predicted octanol–water partition coefficient (Wildman–Crippen LogP) is 3.94. The van der Waals surface area contributed by atoms with Gasteiger partial charge in [0, 0.05) is 0 Å². The molecule has 0 atom stereocenters. The fourth-order valence-electron chi connectivity index (χ4n) is 2.75. The average Bonchev–Trinajstić information content (AvgIpc) is 2.63. The lowest BCUT2D eigenvalue weighted by Gasteiger charge is -2.25. The second kappa shape index (κ2) is 9.35. The molecule has 19 heavy (non-hydrogen) atoms. The van der Waals surface area contributed by atoms with E-state index in [0.29, 0.717) is 6.61 Å². The molecule has 2 N–H and O–H groups in total. The molecule has 0 bridgehead atoms. The Kier molecular flexibility index (Phi) is 8.11. The summed E-state index contributed by atoms with van der Waals surface area (Å²) in [4.78, 5) is 12.1. The van der Waals surface area contributed by atoms with Crippen molar-refractivity contribution < 1.29 is 9.53 Å².